The van der Waals surface area contributed by atoms with E-state index in [-0.39, 0.29) is 11.5 Å². The number of hydrogen-bond donors (Lipinski definition) is 2. The lowest BCUT2D eigenvalue weighted by molar-refractivity contribution is 0.101. The Morgan fingerprint density at radius 1 is 0.971 bits per heavy atom. The Hall–Kier alpha value is -3.44. The topological polar surface area (TPSA) is 65.5 Å². The number of fused-ring (bicyclic) bond motifs is 2. The largest absolute Gasteiger partial charge is 0.508 e. The normalized spacial score (nSPS) is 18.3. The standard InChI is InChI=1S/C30H33N3O2/c1-19(34)28-17-31-29-13-9-24(21-6-7-23-15-26(35)12-8-22(23)14-21)16-27(29)30(28)32-25-10-4-20(5-11-25)18-33(2)3/h6-9,12-17,20,25,35H,4-5,10-11,18H2,1-3H3,(H,31,32). The molecule has 4 aromatic rings. The highest BCUT2D eigenvalue weighted by Crippen LogP contribution is 2.35. The fourth-order valence-corrected chi connectivity index (χ4v) is 5.42. The van der Waals surface area contributed by atoms with Gasteiger partial charge in [-0.2, -0.15) is 0 Å². The summed E-state index contributed by atoms with van der Waals surface area (Å²) < 4.78 is 0. The van der Waals surface area contributed by atoms with E-state index in [1.54, 1.807) is 25.3 Å². The zero-order valence-corrected chi connectivity index (χ0v) is 20.7. The lowest BCUT2D eigenvalue weighted by Crippen LogP contribution is -2.31. The van der Waals surface area contributed by atoms with Gasteiger partial charge in [-0.05, 0) is 105 Å². The van der Waals surface area contributed by atoms with Crippen molar-refractivity contribution < 1.29 is 9.90 Å². The van der Waals surface area contributed by atoms with Gasteiger partial charge in [-0.1, -0.05) is 24.3 Å². The summed E-state index contributed by atoms with van der Waals surface area (Å²) in [6, 6.07) is 18.3. The van der Waals surface area contributed by atoms with Gasteiger partial charge >= 0.3 is 0 Å². The summed E-state index contributed by atoms with van der Waals surface area (Å²) in [4.78, 5) is 19.4. The minimum Gasteiger partial charge on any atom is -0.508 e. The molecule has 2 N–H and O–H groups in total. The molecule has 180 valence electrons. The molecule has 1 fully saturated rings. The fraction of sp³-hybridized carbons (Fsp3) is 0.333. The number of anilines is 1. The average Bonchev–Trinajstić information content (AvgIpc) is 2.84. The van der Waals surface area contributed by atoms with Crippen LogP contribution in [-0.4, -0.2) is 47.5 Å². The third-order valence-corrected chi connectivity index (χ3v) is 7.22. The number of carbonyl (C=O) groups excluding carboxylic acids is 1. The van der Waals surface area contributed by atoms with E-state index < -0.39 is 0 Å². The van der Waals surface area contributed by atoms with Crippen molar-refractivity contribution >= 4 is 33.1 Å². The van der Waals surface area contributed by atoms with Crippen molar-refractivity contribution in [3.63, 3.8) is 0 Å². The van der Waals surface area contributed by atoms with Crippen molar-refractivity contribution in [1.29, 1.82) is 0 Å². The minimum absolute atomic E-state index is 0.0270. The minimum atomic E-state index is 0.0270. The van der Waals surface area contributed by atoms with Gasteiger partial charge in [-0.15, -0.1) is 0 Å². The third kappa shape index (κ3) is 5.01. The van der Waals surface area contributed by atoms with Crippen LogP contribution in [0.3, 0.4) is 0 Å². The number of rotatable bonds is 6. The van der Waals surface area contributed by atoms with Crippen LogP contribution in [0.5, 0.6) is 5.75 Å². The predicted molar refractivity (Wildman–Crippen MR) is 144 cm³/mol. The summed E-state index contributed by atoms with van der Waals surface area (Å²) in [5.74, 6) is 1.04. The maximum absolute atomic E-state index is 12.5. The van der Waals surface area contributed by atoms with E-state index in [2.05, 4.69) is 53.6 Å². The Bertz CT molecular complexity index is 1390. The molecule has 0 radical (unpaired) electrons. The molecule has 1 aliphatic carbocycles. The second kappa shape index (κ2) is 9.67. The first-order valence-corrected chi connectivity index (χ1v) is 12.5. The van der Waals surface area contributed by atoms with Crippen LogP contribution < -0.4 is 5.32 Å². The molecule has 3 aromatic carbocycles. The molecule has 1 aromatic heterocycles. The van der Waals surface area contributed by atoms with Crippen molar-refractivity contribution in [3.8, 4) is 16.9 Å². The summed E-state index contributed by atoms with van der Waals surface area (Å²) >= 11 is 0. The van der Waals surface area contributed by atoms with Gasteiger partial charge in [0.1, 0.15) is 5.75 Å². The monoisotopic (exact) mass is 467 g/mol. The molecule has 1 aliphatic rings. The lowest BCUT2D eigenvalue weighted by atomic mass is 9.85. The van der Waals surface area contributed by atoms with Crippen molar-refractivity contribution in [2.75, 3.05) is 26.0 Å². The number of benzene rings is 3. The Morgan fingerprint density at radius 2 is 1.66 bits per heavy atom. The van der Waals surface area contributed by atoms with Gasteiger partial charge in [0.2, 0.25) is 0 Å². The van der Waals surface area contributed by atoms with E-state index in [9.17, 15) is 9.90 Å². The molecule has 0 unspecified atom stereocenters. The van der Waals surface area contributed by atoms with E-state index in [1.807, 2.05) is 18.2 Å². The van der Waals surface area contributed by atoms with Crippen LogP contribution in [0.1, 0.15) is 43.0 Å². The number of ketones is 1. The predicted octanol–water partition coefficient (Wildman–Crippen LogP) is 6.50. The van der Waals surface area contributed by atoms with E-state index >= 15 is 0 Å². The number of nitrogens with zero attached hydrogens (tertiary/aromatic N) is 2. The second-order valence-corrected chi connectivity index (χ2v) is 10.2. The van der Waals surface area contributed by atoms with Crippen LogP contribution in [0, 0.1) is 5.92 Å². The summed E-state index contributed by atoms with van der Waals surface area (Å²) in [5.41, 5.74) is 4.61. The zero-order valence-electron chi connectivity index (χ0n) is 20.7. The summed E-state index contributed by atoms with van der Waals surface area (Å²) in [7, 11) is 4.28. The van der Waals surface area contributed by atoms with Crippen molar-refractivity contribution in [2.45, 2.75) is 38.6 Å². The fourth-order valence-electron chi connectivity index (χ4n) is 5.42. The molecule has 5 heteroatoms. The van der Waals surface area contributed by atoms with Crippen molar-refractivity contribution in [1.82, 2.24) is 9.88 Å². The van der Waals surface area contributed by atoms with E-state index in [1.165, 1.54) is 12.8 Å². The van der Waals surface area contributed by atoms with Crippen LogP contribution in [0.25, 0.3) is 32.8 Å². The van der Waals surface area contributed by atoms with Crippen LogP contribution >= 0.6 is 0 Å². The quantitative estimate of drug-likeness (QED) is 0.317. The molecule has 0 atom stereocenters. The Morgan fingerprint density at radius 3 is 2.40 bits per heavy atom. The molecule has 5 rings (SSSR count). The Kier molecular flexibility index (Phi) is 6.44. The maximum Gasteiger partial charge on any atom is 0.163 e. The third-order valence-electron chi connectivity index (χ3n) is 7.22. The van der Waals surface area contributed by atoms with Gasteiger partial charge in [-0.25, -0.2) is 0 Å². The van der Waals surface area contributed by atoms with Gasteiger partial charge in [0.15, 0.2) is 5.78 Å². The highest BCUT2D eigenvalue weighted by Gasteiger charge is 2.23. The number of pyridine rings is 1. The number of Topliss-reactive ketones (excluding diaryl/α,β-unsaturated/α-hetero) is 1. The van der Waals surface area contributed by atoms with Gasteiger partial charge in [0.05, 0.1) is 16.8 Å². The molecule has 5 nitrogen and oxygen atoms in total. The molecule has 35 heavy (non-hydrogen) atoms. The van der Waals surface area contributed by atoms with Gasteiger partial charge < -0.3 is 15.3 Å². The van der Waals surface area contributed by atoms with E-state index in [0.29, 0.717) is 11.6 Å². The molecule has 0 bridgehead atoms. The molecular weight excluding hydrogens is 434 g/mol. The highest BCUT2D eigenvalue weighted by atomic mass is 16.3. The first-order chi connectivity index (χ1) is 16.9. The Labute approximate surface area is 206 Å². The van der Waals surface area contributed by atoms with Gasteiger partial charge in [-0.3, -0.25) is 9.78 Å². The van der Waals surface area contributed by atoms with Crippen molar-refractivity contribution in [2.24, 2.45) is 5.92 Å². The maximum atomic E-state index is 12.5. The van der Waals surface area contributed by atoms with Crippen LogP contribution in [0.15, 0.2) is 60.8 Å². The number of nitrogens with one attached hydrogen (secondary N) is 1. The molecule has 0 spiro atoms. The molecular formula is C30H33N3O2. The number of carbonyl (C=O) groups is 1. The van der Waals surface area contributed by atoms with Crippen molar-refractivity contribution in [3.05, 3.63) is 66.4 Å². The zero-order chi connectivity index (χ0) is 24.5. The molecule has 0 aliphatic heterocycles. The summed E-state index contributed by atoms with van der Waals surface area (Å²) in [6.07, 6.45) is 6.33. The average molecular weight is 468 g/mol. The summed E-state index contributed by atoms with van der Waals surface area (Å²) in [5, 5.41) is 16.6. The van der Waals surface area contributed by atoms with Crippen LogP contribution in [0.4, 0.5) is 5.69 Å². The molecule has 0 amide bonds. The number of phenolic OH excluding ortho intramolecular Hbond substituents is 1. The van der Waals surface area contributed by atoms with Crippen LogP contribution in [0.2, 0.25) is 0 Å². The smallest absolute Gasteiger partial charge is 0.163 e. The first kappa shape index (κ1) is 23.3. The van der Waals surface area contributed by atoms with Gasteiger partial charge in [0.25, 0.3) is 0 Å². The molecule has 0 saturated heterocycles. The number of aromatic nitrogens is 1. The summed E-state index contributed by atoms with van der Waals surface area (Å²) in [6.45, 7) is 2.75. The van der Waals surface area contributed by atoms with Crippen LogP contribution in [-0.2, 0) is 0 Å². The highest BCUT2D eigenvalue weighted by molar-refractivity contribution is 6.08. The lowest BCUT2D eigenvalue weighted by Gasteiger charge is -2.32. The Balaban J connectivity index is 1.50. The molecule has 1 saturated carbocycles. The molecule has 1 heterocycles. The van der Waals surface area contributed by atoms with E-state index in [0.717, 1.165) is 63.8 Å². The van der Waals surface area contributed by atoms with E-state index in [4.69, 9.17) is 0 Å². The second-order valence-electron chi connectivity index (χ2n) is 10.2. The number of aromatic hydroxyl groups is 1. The SMILES string of the molecule is CC(=O)c1cnc2ccc(-c3ccc4cc(O)ccc4c3)cc2c1NC1CCC(CN(C)C)CC1. The number of phenols is 1. The number of hydrogen-bond acceptors (Lipinski definition) is 5. The first-order valence-electron chi connectivity index (χ1n) is 12.5. The van der Waals surface area contributed by atoms with Gasteiger partial charge in [0, 0.05) is 24.2 Å².